The van der Waals surface area contributed by atoms with E-state index in [0.717, 1.165) is 12.8 Å². The van der Waals surface area contributed by atoms with Crippen molar-refractivity contribution in [2.45, 2.75) is 12.8 Å². The van der Waals surface area contributed by atoms with Crippen LogP contribution in [0.2, 0.25) is 0 Å². The van der Waals surface area contributed by atoms with Crippen LogP contribution in [0.4, 0.5) is 0 Å². The zero-order valence-corrected chi connectivity index (χ0v) is 13.5. The molecule has 0 radical (unpaired) electrons. The molecule has 0 N–H and O–H groups in total. The number of rotatable bonds is 1. The first-order chi connectivity index (χ1) is 11.9. The van der Waals surface area contributed by atoms with E-state index in [1.54, 1.807) is 0 Å². The van der Waals surface area contributed by atoms with Crippen LogP contribution >= 0.6 is 0 Å². The number of hydrogen-bond donors (Lipinski definition) is 0. The summed E-state index contributed by atoms with van der Waals surface area (Å²) in [6.45, 7) is 0. The molecule has 1 aliphatic carbocycles. The third-order valence-corrected chi connectivity index (χ3v) is 5.13. The second-order valence-electron chi connectivity index (χ2n) is 6.54. The van der Waals surface area contributed by atoms with Crippen molar-refractivity contribution in [3.05, 3.63) is 90.0 Å². The van der Waals surface area contributed by atoms with Gasteiger partial charge in [0.05, 0.1) is 0 Å². The van der Waals surface area contributed by atoms with Crippen molar-refractivity contribution in [1.82, 2.24) is 0 Å². The van der Waals surface area contributed by atoms with Crippen molar-refractivity contribution in [1.29, 1.82) is 0 Å². The van der Waals surface area contributed by atoms with E-state index in [0.29, 0.717) is 0 Å². The van der Waals surface area contributed by atoms with Crippen molar-refractivity contribution < 1.29 is 0 Å². The van der Waals surface area contributed by atoms with Gasteiger partial charge in [0.2, 0.25) is 0 Å². The minimum absolute atomic E-state index is 1.15. The normalized spacial score (nSPS) is 13.3. The van der Waals surface area contributed by atoms with Crippen LogP contribution in [0.5, 0.6) is 0 Å². The zero-order valence-electron chi connectivity index (χ0n) is 13.5. The third kappa shape index (κ3) is 2.07. The van der Waals surface area contributed by atoms with Crippen molar-refractivity contribution >= 4 is 27.6 Å². The van der Waals surface area contributed by atoms with Crippen LogP contribution < -0.4 is 0 Å². The molecule has 0 nitrogen and oxygen atoms in total. The highest BCUT2D eigenvalue weighted by atomic mass is 14.1. The van der Waals surface area contributed by atoms with Crippen molar-refractivity contribution in [3.63, 3.8) is 0 Å². The van der Waals surface area contributed by atoms with E-state index in [-0.39, 0.29) is 0 Å². The van der Waals surface area contributed by atoms with Gasteiger partial charge in [0, 0.05) is 0 Å². The Hall–Kier alpha value is -2.86. The Morgan fingerprint density at radius 2 is 1.46 bits per heavy atom. The smallest absolute Gasteiger partial charge is 0.0102 e. The van der Waals surface area contributed by atoms with Crippen LogP contribution in [-0.4, -0.2) is 0 Å². The van der Waals surface area contributed by atoms with Crippen LogP contribution in [0, 0.1) is 0 Å². The Bertz CT molecular complexity index is 1090. The molecule has 0 aliphatic heterocycles. The number of fused-ring (bicyclic) bond motifs is 5. The molecule has 0 aromatic heterocycles. The molecule has 0 heterocycles. The van der Waals surface area contributed by atoms with Gasteiger partial charge in [0.15, 0.2) is 0 Å². The molecule has 0 heteroatoms. The molecule has 0 saturated carbocycles. The van der Waals surface area contributed by atoms with E-state index in [1.807, 2.05) is 0 Å². The first kappa shape index (κ1) is 13.6. The van der Waals surface area contributed by atoms with Gasteiger partial charge in [0.1, 0.15) is 0 Å². The molecule has 0 unspecified atom stereocenters. The molecule has 24 heavy (non-hydrogen) atoms. The average molecular weight is 306 g/mol. The lowest BCUT2D eigenvalue weighted by Gasteiger charge is -2.15. The van der Waals surface area contributed by atoms with Crippen LogP contribution in [0.1, 0.15) is 17.5 Å². The summed E-state index contributed by atoms with van der Waals surface area (Å²) in [6.07, 6.45) is 6.84. The van der Waals surface area contributed by atoms with Gasteiger partial charge in [0.25, 0.3) is 0 Å². The third-order valence-electron chi connectivity index (χ3n) is 5.13. The lowest BCUT2D eigenvalue weighted by atomic mass is 9.89. The van der Waals surface area contributed by atoms with E-state index in [1.165, 1.54) is 43.8 Å². The van der Waals surface area contributed by atoms with Gasteiger partial charge < -0.3 is 0 Å². The Morgan fingerprint density at radius 1 is 0.625 bits per heavy atom. The Balaban J connectivity index is 1.76. The molecular weight excluding hydrogens is 288 g/mol. The van der Waals surface area contributed by atoms with Crippen molar-refractivity contribution in [2.24, 2.45) is 0 Å². The van der Waals surface area contributed by atoms with Gasteiger partial charge in [-0.3, -0.25) is 0 Å². The predicted octanol–water partition coefficient (Wildman–Crippen LogP) is 6.62. The number of aryl methyl sites for hydroxylation is 1. The molecule has 5 rings (SSSR count). The quantitative estimate of drug-likeness (QED) is 0.347. The van der Waals surface area contributed by atoms with E-state index >= 15 is 0 Å². The molecule has 4 aromatic carbocycles. The number of benzene rings is 4. The van der Waals surface area contributed by atoms with Crippen molar-refractivity contribution in [3.8, 4) is 11.1 Å². The van der Waals surface area contributed by atoms with Crippen LogP contribution in [-0.2, 0) is 6.42 Å². The molecule has 0 bridgehead atoms. The lowest BCUT2D eigenvalue weighted by molar-refractivity contribution is 0.997. The van der Waals surface area contributed by atoms with Gasteiger partial charge in [-0.1, -0.05) is 78.9 Å². The van der Waals surface area contributed by atoms with E-state index in [9.17, 15) is 0 Å². The summed E-state index contributed by atoms with van der Waals surface area (Å²) in [5.74, 6) is 0. The van der Waals surface area contributed by atoms with Crippen LogP contribution in [0.25, 0.3) is 38.7 Å². The maximum Gasteiger partial charge on any atom is -0.0102 e. The van der Waals surface area contributed by atoms with Gasteiger partial charge in [-0.2, -0.15) is 0 Å². The molecule has 1 aliphatic rings. The minimum Gasteiger partial charge on any atom is -0.0836 e. The maximum absolute atomic E-state index is 2.31. The van der Waals surface area contributed by atoms with Gasteiger partial charge in [-0.25, -0.2) is 0 Å². The molecule has 0 atom stereocenters. The second-order valence-corrected chi connectivity index (χ2v) is 6.54. The molecule has 0 saturated heterocycles. The summed E-state index contributed by atoms with van der Waals surface area (Å²) in [6, 6.07) is 26.6. The highest BCUT2D eigenvalue weighted by Gasteiger charge is 2.11. The fourth-order valence-corrected chi connectivity index (χ4v) is 3.91. The standard InChI is InChI=1S/C24H18/c1-2-6-17(7-3-1)19-11-13-22-20(16-19)12-15-23-21-9-5-4-8-18(21)10-14-24(22)23/h1-4,6-8,10-16H,5,9H2. The molecule has 114 valence electrons. The molecule has 0 spiro atoms. The van der Waals surface area contributed by atoms with Gasteiger partial charge in [-0.15, -0.1) is 0 Å². The highest BCUT2D eigenvalue weighted by molar-refractivity contribution is 6.10. The van der Waals surface area contributed by atoms with Gasteiger partial charge in [-0.05, 0) is 62.7 Å². The summed E-state index contributed by atoms with van der Waals surface area (Å²) in [7, 11) is 0. The fraction of sp³-hybridized carbons (Fsp3) is 0.0833. The largest absolute Gasteiger partial charge is 0.0836 e. The first-order valence-corrected chi connectivity index (χ1v) is 8.60. The molecule has 0 fully saturated rings. The SMILES string of the molecule is C1=Cc2ccc3c(ccc4cc(-c5ccccc5)ccc43)c2CC1. The Kier molecular flexibility index (Phi) is 3.02. The molecule has 4 aromatic rings. The first-order valence-electron chi connectivity index (χ1n) is 8.60. The summed E-state index contributed by atoms with van der Waals surface area (Å²) in [5.41, 5.74) is 5.44. The zero-order chi connectivity index (χ0) is 15.9. The summed E-state index contributed by atoms with van der Waals surface area (Å²) in [4.78, 5) is 0. The second kappa shape index (κ2) is 5.35. The Morgan fingerprint density at radius 3 is 2.38 bits per heavy atom. The maximum atomic E-state index is 2.31. The van der Waals surface area contributed by atoms with Gasteiger partial charge >= 0.3 is 0 Å². The molecular formula is C24H18. The topological polar surface area (TPSA) is 0 Å². The summed E-state index contributed by atoms with van der Waals surface area (Å²) >= 11 is 0. The summed E-state index contributed by atoms with van der Waals surface area (Å²) in [5, 5.41) is 5.46. The average Bonchev–Trinajstić information content (AvgIpc) is 2.67. The van der Waals surface area contributed by atoms with Crippen molar-refractivity contribution in [2.75, 3.05) is 0 Å². The van der Waals surface area contributed by atoms with E-state index in [2.05, 4.69) is 84.9 Å². The monoisotopic (exact) mass is 306 g/mol. The van der Waals surface area contributed by atoms with Crippen LogP contribution in [0.3, 0.4) is 0 Å². The number of allylic oxidation sites excluding steroid dienone is 1. The number of hydrogen-bond acceptors (Lipinski definition) is 0. The Labute approximate surface area is 142 Å². The lowest BCUT2D eigenvalue weighted by Crippen LogP contribution is -1.95. The fourth-order valence-electron chi connectivity index (χ4n) is 3.91. The summed E-state index contributed by atoms with van der Waals surface area (Å²) < 4.78 is 0. The van der Waals surface area contributed by atoms with E-state index in [4.69, 9.17) is 0 Å². The predicted molar refractivity (Wildman–Crippen MR) is 104 cm³/mol. The molecule has 0 amide bonds. The van der Waals surface area contributed by atoms with E-state index < -0.39 is 0 Å². The van der Waals surface area contributed by atoms with Crippen LogP contribution in [0.15, 0.2) is 78.9 Å². The minimum atomic E-state index is 1.15. The highest BCUT2D eigenvalue weighted by Crippen LogP contribution is 2.34.